The number of sulfone groups is 1. The van der Waals surface area contributed by atoms with Gasteiger partial charge in [-0.05, 0) is 67.9 Å². The standard InChI is InChI=1S/C27H34N4O4S3/c32-37-15-11-31(12-16-37)18-26-29-30-27(36-26)25-8-7-24(28-25)23(17-19-9-13-35-14-10-19)20-1-3-21(4-2-20)38(33,34)22-5-6-22/h1-4,7-8,19,22-23,28H,5-6,9-18H2. The normalized spacial score (nSPS) is 21.1. The molecule has 11 heteroatoms. The molecule has 0 bridgehead atoms. The Kier molecular flexibility index (Phi) is 7.82. The molecule has 1 aliphatic carbocycles. The number of aromatic nitrogens is 3. The first-order chi connectivity index (χ1) is 18.5. The van der Waals surface area contributed by atoms with E-state index in [1.165, 1.54) is 0 Å². The van der Waals surface area contributed by atoms with Crippen molar-refractivity contribution in [1.82, 2.24) is 20.1 Å². The number of hydrogen-bond acceptors (Lipinski definition) is 8. The number of benzene rings is 1. The summed E-state index contributed by atoms with van der Waals surface area (Å²) in [6.07, 6.45) is 4.61. The highest BCUT2D eigenvalue weighted by Gasteiger charge is 2.37. The Morgan fingerprint density at radius 3 is 2.47 bits per heavy atom. The van der Waals surface area contributed by atoms with E-state index in [1.807, 2.05) is 12.1 Å². The predicted molar refractivity (Wildman–Crippen MR) is 150 cm³/mol. The number of hydrogen-bond donors (Lipinski definition) is 1. The number of rotatable bonds is 9. The van der Waals surface area contributed by atoms with Gasteiger partial charge in [-0.15, -0.1) is 10.2 Å². The van der Waals surface area contributed by atoms with Crippen molar-refractivity contribution in [3.63, 3.8) is 0 Å². The first-order valence-corrected chi connectivity index (χ1v) is 17.3. The van der Waals surface area contributed by atoms with Crippen LogP contribution in [0.5, 0.6) is 0 Å². The van der Waals surface area contributed by atoms with Crippen LogP contribution in [-0.2, 0) is 31.9 Å². The Hall–Kier alpha value is -1.92. The zero-order valence-electron chi connectivity index (χ0n) is 21.4. The summed E-state index contributed by atoms with van der Waals surface area (Å²) in [6.45, 7) is 4.01. The molecule has 1 atom stereocenters. The van der Waals surface area contributed by atoms with E-state index in [-0.39, 0.29) is 11.2 Å². The second-order valence-corrected chi connectivity index (χ2v) is 15.6. The van der Waals surface area contributed by atoms with Gasteiger partial charge in [0.1, 0.15) is 5.01 Å². The van der Waals surface area contributed by atoms with Crippen LogP contribution in [0.1, 0.15) is 54.3 Å². The molecule has 4 heterocycles. The highest BCUT2D eigenvalue weighted by molar-refractivity contribution is 7.92. The molecule has 1 unspecified atom stereocenters. The van der Waals surface area contributed by atoms with Gasteiger partial charge in [0.05, 0.1) is 22.4 Å². The molecule has 1 aromatic carbocycles. The van der Waals surface area contributed by atoms with Gasteiger partial charge in [0.15, 0.2) is 14.8 Å². The van der Waals surface area contributed by atoms with Crippen molar-refractivity contribution in [1.29, 1.82) is 0 Å². The largest absolute Gasteiger partial charge is 0.381 e. The Labute approximate surface area is 230 Å². The number of nitrogens with one attached hydrogen (secondary N) is 1. The van der Waals surface area contributed by atoms with E-state index in [0.29, 0.717) is 10.8 Å². The number of H-pyrrole nitrogens is 1. The minimum atomic E-state index is -3.20. The van der Waals surface area contributed by atoms with Gasteiger partial charge in [0, 0.05) is 60.2 Å². The van der Waals surface area contributed by atoms with Crippen molar-refractivity contribution < 1.29 is 17.4 Å². The summed E-state index contributed by atoms with van der Waals surface area (Å²) in [5.41, 5.74) is 3.19. The Morgan fingerprint density at radius 2 is 1.76 bits per heavy atom. The van der Waals surface area contributed by atoms with Crippen molar-refractivity contribution in [2.24, 2.45) is 5.92 Å². The molecule has 1 N–H and O–H groups in total. The predicted octanol–water partition coefficient (Wildman–Crippen LogP) is 3.98. The summed E-state index contributed by atoms with van der Waals surface area (Å²) in [6, 6.07) is 11.8. The van der Waals surface area contributed by atoms with Gasteiger partial charge in [-0.25, -0.2) is 8.42 Å². The minimum Gasteiger partial charge on any atom is -0.381 e. The van der Waals surface area contributed by atoms with E-state index in [4.69, 9.17) is 4.74 Å². The van der Waals surface area contributed by atoms with Gasteiger partial charge in [0.2, 0.25) is 0 Å². The van der Waals surface area contributed by atoms with Gasteiger partial charge >= 0.3 is 0 Å². The maximum Gasteiger partial charge on any atom is 0.181 e. The first-order valence-electron chi connectivity index (χ1n) is 13.5. The zero-order valence-corrected chi connectivity index (χ0v) is 23.8. The van der Waals surface area contributed by atoms with Crippen molar-refractivity contribution in [2.75, 3.05) is 37.8 Å². The topological polar surface area (TPSA) is 105 Å². The molecular formula is C27H34N4O4S3. The van der Waals surface area contributed by atoms with E-state index in [2.05, 4.69) is 32.2 Å². The highest BCUT2D eigenvalue weighted by Crippen LogP contribution is 2.38. The fourth-order valence-corrected chi connectivity index (χ4v) is 9.06. The molecule has 8 nitrogen and oxygen atoms in total. The second kappa shape index (κ2) is 11.3. The van der Waals surface area contributed by atoms with Crippen molar-refractivity contribution in [3.05, 3.63) is 52.7 Å². The average Bonchev–Trinajstić information content (AvgIpc) is 3.53. The van der Waals surface area contributed by atoms with E-state index < -0.39 is 20.6 Å². The maximum atomic E-state index is 12.7. The molecule has 3 fully saturated rings. The van der Waals surface area contributed by atoms with Crippen LogP contribution in [-0.4, -0.2) is 75.8 Å². The van der Waals surface area contributed by atoms with Crippen LogP contribution in [0.25, 0.3) is 10.7 Å². The lowest BCUT2D eigenvalue weighted by atomic mass is 9.83. The van der Waals surface area contributed by atoms with Gasteiger partial charge in [0.25, 0.3) is 0 Å². The van der Waals surface area contributed by atoms with Crippen molar-refractivity contribution in [3.8, 4) is 10.7 Å². The van der Waals surface area contributed by atoms with Gasteiger partial charge in [-0.1, -0.05) is 23.5 Å². The molecule has 6 rings (SSSR count). The Morgan fingerprint density at radius 1 is 1.03 bits per heavy atom. The lowest BCUT2D eigenvalue weighted by Crippen LogP contribution is -2.37. The molecular weight excluding hydrogens is 541 g/mol. The molecule has 2 saturated heterocycles. The van der Waals surface area contributed by atoms with Crippen LogP contribution in [0.4, 0.5) is 0 Å². The van der Waals surface area contributed by atoms with E-state index >= 15 is 0 Å². The fourth-order valence-electron chi connectivity index (χ4n) is 5.41. The summed E-state index contributed by atoms with van der Waals surface area (Å²) in [4.78, 5) is 6.35. The van der Waals surface area contributed by atoms with Gasteiger partial charge in [-0.2, -0.15) is 0 Å². The molecule has 204 valence electrons. The minimum absolute atomic E-state index is 0.131. The Balaban J connectivity index is 1.21. The van der Waals surface area contributed by atoms with E-state index in [1.54, 1.807) is 23.5 Å². The van der Waals surface area contributed by atoms with E-state index in [9.17, 15) is 12.6 Å². The molecule has 2 aromatic heterocycles. The molecule has 0 amide bonds. The highest BCUT2D eigenvalue weighted by atomic mass is 32.2. The van der Waals surface area contributed by atoms with E-state index in [0.717, 1.165) is 103 Å². The SMILES string of the molecule is O=S1CCN(Cc2nnc(-c3ccc(C(CC4CCOCC4)c4ccc(S(=O)(=O)C5CC5)cc4)[nH]3)s2)CC1. The number of ether oxygens (including phenoxy) is 1. The third-order valence-corrected chi connectivity index (χ3v) is 12.4. The molecule has 3 aliphatic rings. The first kappa shape index (κ1) is 26.3. The second-order valence-electron chi connectivity index (χ2n) is 10.6. The van der Waals surface area contributed by atoms with Crippen LogP contribution in [0.3, 0.4) is 0 Å². The van der Waals surface area contributed by atoms with Crippen LogP contribution in [0.2, 0.25) is 0 Å². The third-order valence-electron chi connectivity index (χ3n) is 7.89. The Bertz CT molecular complexity index is 1370. The lowest BCUT2D eigenvalue weighted by molar-refractivity contribution is 0.0626. The summed E-state index contributed by atoms with van der Waals surface area (Å²) in [5, 5.41) is 10.5. The molecule has 3 aromatic rings. The molecule has 2 aliphatic heterocycles. The smallest absolute Gasteiger partial charge is 0.181 e. The monoisotopic (exact) mass is 574 g/mol. The number of nitrogens with zero attached hydrogens (tertiary/aromatic N) is 3. The molecule has 0 spiro atoms. The van der Waals surface area contributed by atoms with Crippen molar-refractivity contribution in [2.45, 2.75) is 54.7 Å². The zero-order chi connectivity index (χ0) is 26.1. The van der Waals surface area contributed by atoms with Crippen molar-refractivity contribution >= 4 is 32.0 Å². The van der Waals surface area contributed by atoms with Crippen LogP contribution in [0, 0.1) is 5.92 Å². The molecule has 0 radical (unpaired) electrons. The molecule has 38 heavy (non-hydrogen) atoms. The molecule has 1 saturated carbocycles. The summed E-state index contributed by atoms with van der Waals surface area (Å²) >= 11 is 1.60. The van der Waals surface area contributed by atoms with Crippen LogP contribution in [0.15, 0.2) is 41.3 Å². The quantitative estimate of drug-likeness (QED) is 0.412. The lowest BCUT2D eigenvalue weighted by Gasteiger charge is -2.27. The van der Waals surface area contributed by atoms with Gasteiger partial charge in [-0.3, -0.25) is 9.11 Å². The number of aromatic amines is 1. The van der Waals surface area contributed by atoms with Crippen LogP contribution < -0.4 is 0 Å². The average molecular weight is 575 g/mol. The fraction of sp³-hybridized carbons (Fsp3) is 0.556. The maximum absolute atomic E-state index is 12.7. The summed E-state index contributed by atoms with van der Waals surface area (Å²) in [5.74, 6) is 2.15. The van der Waals surface area contributed by atoms with Gasteiger partial charge < -0.3 is 9.72 Å². The summed E-state index contributed by atoms with van der Waals surface area (Å²) in [7, 11) is -3.89. The summed E-state index contributed by atoms with van der Waals surface area (Å²) < 4.78 is 42.7. The van der Waals surface area contributed by atoms with Crippen LogP contribution >= 0.6 is 11.3 Å². The third kappa shape index (κ3) is 5.96.